The number of hydrogen-bond acceptors (Lipinski definition) is 2. The molecule has 1 N–H and O–H groups in total. The lowest BCUT2D eigenvalue weighted by atomic mass is 10.1. The molecule has 4 heteroatoms. The summed E-state index contributed by atoms with van der Waals surface area (Å²) in [5.74, 6) is 0.265. The van der Waals surface area contributed by atoms with Crippen molar-refractivity contribution in [2.24, 2.45) is 0 Å². The molecule has 3 rings (SSSR count). The molecule has 0 saturated carbocycles. The Hall–Kier alpha value is -2.78. The number of ether oxygens (including phenoxy) is 1. The zero-order valence-electron chi connectivity index (χ0n) is 14.5. The largest absolute Gasteiger partial charge is 0.488 e. The van der Waals surface area contributed by atoms with Crippen molar-refractivity contribution in [2.45, 2.75) is 20.0 Å². The van der Waals surface area contributed by atoms with Crippen LogP contribution in [-0.2, 0) is 13.0 Å². The first kappa shape index (κ1) is 18.0. The molecule has 0 unspecified atom stereocenters. The summed E-state index contributed by atoms with van der Waals surface area (Å²) >= 11 is 6.10. The first-order valence-electron chi connectivity index (χ1n) is 8.53. The van der Waals surface area contributed by atoms with Crippen LogP contribution in [0, 0.1) is 0 Å². The molecular weight excluding hydrogens is 346 g/mol. The molecule has 0 fully saturated rings. The van der Waals surface area contributed by atoms with Gasteiger partial charge in [0.2, 0.25) is 0 Å². The van der Waals surface area contributed by atoms with Crippen LogP contribution in [0.2, 0.25) is 5.02 Å². The Morgan fingerprint density at radius 1 is 1.00 bits per heavy atom. The van der Waals surface area contributed by atoms with Gasteiger partial charge >= 0.3 is 0 Å². The van der Waals surface area contributed by atoms with Gasteiger partial charge in [0.1, 0.15) is 12.4 Å². The average Bonchev–Trinajstić information content (AvgIpc) is 2.68. The third-order valence-electron chi connectivity index (χ3n) is 4.07. The summed E-state index contributed by atoms with van der Waals surface area (Å²) in [6.45, 7) is 2.44. The predicted molar refractivity (Wildman–Crippen MR) is 106 cm³/mol. The van der Waals surface area contributed by atoms with E-state index in [2.05, 4.69) is 12.2 Å². The van der Waals surface area contributed by atoms with E-state index in [9.17, 15) is 4.79 Å². The maximum absolute atomic E-state index is 12.8. The number of halogens is 1. The molecule has 0 spiro atoms. The minimum atomic E-state index is -0.239. The van der Waals surface area contributed by atoms with Gasteiger partial charge in [-0.05, 0) is 41.8 Å². The smallest absolute Gasteiger partial charge is 0.259 e. The second-order valence-corrected chi connectivity index (χ2v) is 6.32. The Morgan fingerprint density at radius 3 is 2.50 bits per heavy atom. The highest BCUT2D eigenvalue weighted by Gasteiger charge is 2.15. The number of para-hydroxylation sites is 1. The first-order chi connectivity index (χ1) is 12.7. The number of hydrogen-bond donors (Lipinski definition) is 1. The first-order valence-corrected chi connectivity index (χ1v) is 8.90. The van der Waals surface area contributed by atoms with Crippen LogP contribution in [0.15, 0.2) is 72.8 Å². The number of anilines is 1. The third-order valence-corrected chi connectivity index (χ3v) is 4.30. The Balaban J connectivity index is 1.81. The molecule has 132 valence electrons. The van der Waals surface area contributed by atoms with E-state index in [1.165, 1.54) is 0 Å². The molecule has 0 aliphatic rings. The summed E-state index contributed by atoms with van der Waals surface area (Å²) in [6.07, 6.45) is 0.837. The minimum absolute atomic E-state index is 0.239. The number of rotatable bonds is 6. The van der Waals surface area contributed by atoms with Gasteiger partial charge in [0.05, 0.1) is 5.56 Å². The molecule has 26 heavy (non-hydrogen) atoms. The number of amides is 1. The Labute approximate surface area is 158 Å². The van der Waals surface area contributed by atoms with Gasteiger partial charge in [-0.2, -0.15) is 0 Å². The molecule has 0 heterocycles. The predicted octanol–water partition coefficient (Wildman–Crippen LogP) is 5.73. The van der Waals surface area contributed by atoms with Gasteiger partial charge in [-0.1, -0.05) is 67.1 Å². The van der Waals surface area contributed by atoms with Gasteiger partial charge < -0.3 is 10.1 Å². The van der Waals surface area contributed by atoms with Crippen molar-refractivity contribution in [1.82, 2.24) is 0 Å². The fourth-order valence-electron chi connectivity index (χ4n) is 2.68. The summed E-state index contributed by atoms with van der Waals surface area (Å²) < 4.78 is 5.87. The highest BCUT2D eigenvalue weighted by Crippen LogP contribution is 2.26. The number of carbonyl (C=O) groups is 1. The number of carbonyl (C=O) groups excluding carboxylic acids is 1. The van der Waals surface area contributed by atoms with E-state index in [4.69, 9.17) is 16.3 Å². The average molecular weight is 366 g/mol. The van der Waals surface area contributed by atoms with Gasteiger partial charge in [-0.15, -0.1) is 0 Å². The molecule has 3 nitrogen and oxygen atoms in total. The van der Waals surface area contributed by atoms with E-state index in [1.54, 1.807) is 18.2 Å². The van der Waals surface area contributed by atoms with Crippen molar-refractivity contribution in [2.75, 3.05) is 5.32 Å². The Bertz CT molecular complexity index is 894. The Kier molecular flexibility index (Phi) is 5.92. The zero-order chi connectivity index (χ0) is 18.4. The lowest BCUT2D eigenvalue weighted by molar-refractivity contribution is 0.102. The molecule has 3 aromatic rings. The summed E-state index contributed by atoms with van der Waals surface area (Å²) in [5.41, 5.74) is 3.33. The van der Waals surface area contributed by atoms with E-state index in [0.717, 1.165) is 23.2 Å². The molecule has 0 aromatic heterocycles. The van der Waals surface area contributed by atoms with Crippen LogP contribution < -0.4 is 10.1 Å². The van der Waals surface area contributed by atoms with Crippen molar-refractivity contribution in [3.05, 3.63) is 94.5 Å². The normalized spacial score (nSPS) is 10.4. The van der Waals surface area contributed by atoms with E-state index >= 15 is 0 Å². The lowest BCUT2D eigenvalue weighted by Gasteiger charge is -2.14. The Morgan fingerprint density at radius 2 is 1.73 bits per heavy atom. The van der Waals surface area contributed by atoms with Crippen LogP contribution in [0.25, 0.3) is 0 Å². The fourth-order valence-corrected chi connectivity index (χ4v) is 2.85. The SMILES string of the molecule is CCc1ccccc1NC(=O)c1cc(Cl)ccc1OCc1ccccc1. The van der Waals surface area contributed by atoms with Crippen LogP contribution in [0.1, 0.15) is 28.4 Å². The van der Waals surface area contributed by atoms with Crippen molar-refractivity contribution in [3.63, 3.8) is 0 Å². The zero-order valence-corrected chi connectivity index (χ0v) is 15.3. The van der Waals surface area contributed by atoms with Crippen molar-refractivity contribution in [1.29, 1.82) is 0 Å². The number of aryl methyl sites for hydroxylation is 1. The molecule has 0 aliphatic heterocycles. The van der Waals surface area contributed by atoms with E-state index in [-0.39, 0.29) is 5.91 Å². The molecule has 0 radical (unpaired) electrons. The molecule has 0 atom stereocenters. The number of benzene rings is 3. The van der Waals surface area contributed by atoms with Crippen molar-refractivity contribution in [3.8, 4) is 5.75 Å². The second-order valence-electron chi connectivity index (χ2n) is 5.88. The third kappa shape index (κ3) is 4.44. The van der Waals surface area contributed by atoms with E-state index < -0.39 is 0 Å². The van der Waals surface area contributed by atoms with Gasteiger partial charge in [0, 0.05) is 10.7 Å². The minimum Gasteiger partial charge on any atom is -0.488 e. The van der Waals surface area contributed by atoms with Gasteiger partial charge in [0.15, 0.2) is 0 Å². The second kappa shape index (κ2) is 8.54. The lowest BCUT2D eigenvalue weighted by Crippen LogP contribution is -2.15. The van der Waals surface area contributed by atoms with Crippen LogP contribution in [-0.4, -0.2) is 5.91 Å². The van der Waals surface area contributed by atoms with E-state index in [1.807, 2.05) is 54.6 Å². The molecule has 3 aromatic carbocycles. The van der Waals surface area contributed by atoms with Gasteiger partial charge in [0.25, 0.3) is 5.91 Å². The van der Waals surface area contributed by atoms with Crippen molar-refractivity contribution >= 4 is 23.2 Å². The van der Waals surface area contributed by atoms with Gasteiger partial charge in [-0.25, -0.2) is 0 Å². The topological polar surface area (TPSA) is 38.3 Å². The van der Waals surface area contributed by atoms with Crippen LogP contribution >= 0.6 is 11.6 Å². The summed E-state index contributed by atoms with van der Waals surface area (Å²) in [7, 11) is 0. The maximum atomic E-state index is 12.8. The van der Waals surface area contributed by atoms with E-state index in [0.29, 0.717) is 22.9 Å². The molecular formula is C22H20ClNO2. The quantitative estimate of drug-likeness (QED) is 0.605. The molecule has 1 amide bonds. The van der Waals surface area contributed by atoms with Crippen LogP contribution in [0.4, 0.5) is 5.69 Å². The standard InChI is InChI=1S/C22H20ClNO2/c1-2-17-10-6-7-11-20(17)24-22(25)19-14-18(23)12-13-21(19)26-15-16-8-4-3-5-9-16/h3-14H,2,15H2,1H3,(H,24,25). The summed E-state index contributed by atoms with van der Waals surface area (Å²) in [4.78, 5) is 12.8. The highest BCUT2D eigenvalue weighted by molar-refractivity contribution is 6.31. The summed E-state index contributed by atoms with van der Waals surface area (Å²) in [6, 6.07) is 22.7. The molecule has 0 aliphatic carbocycles. The maximum Gasteiger partial charge on any atom is 0.259 e. The monoisotopic (exact) mass is 365 g/mol. The molecule has 0 bridgehead atoms. The highest BCUT2D eigenvalue weighted by atomic mass is 35.5. The van der Waals surface area contributed by atoms with Crippen LogP contribution in [0.3, 0.4) is 0 Å². The fraction of sp³-hybridized carbons (Fsp3) is 0.136. The van der Waals surface area contributed by atoms with Crippen molar-refractivity contribution < 1.29 is 9.53 Å². The molecule has 0 saturated heterocycles. The van der Waals surface area contributed by atoms with Gasteiger partial charge in [-0.3, -0.25) is 4.79 Å². The van der Waals surface area contributed by atoms with Crippen LogP contribution in [0.5, 0.6) is 5.75 Å². The number of nitrogens with one attached hydrogen (secondary N) is 1. The summed E-state index contributed by atoms with van der Waals surface area (Å²) in [5, 5.41) is 3.46.